The van der Waals surface area contributed by atoms with Gasteiger partial charge in [0.15, 0.2) is 0 Å². The topological polar surface area (TPSA) is 79.6 Å². The van der Waals surface area contributed by atoms with E-state index in [0.29, 0.717) is 17.0 Å². The van der Waals surface area contributed by atoms with E-state index in [1.807, 2.05) is 6.92 Å². The maximum Gasteiger partial charge on any atom is 0.335 e. The predicted octanol–water partition coefficient (Wildman–Crippen LogP) is 4.06. The lowest BCUT2D eigenvalue weighted by molar-refractivity contribution is -0.122. The molecular formula is C22H15FN2O4. The zero-order valence-electron chi connectivity index (χ0n) is 15.3. The molecule has 0 atom stereocenters. The zero-order chi connectivity index (χ0) is 20.5. The highest BCUT2D eigenvalue weighted by molar-refractivity contribution is 6.39. The Morgan fingerprint density at radius 2 is 1.62 bits per heavy atom. The fourth-order valence-corrected chi connectivity index (χ4v) is 2.93. The van der Waals surface area contributed by atoms with Crippen molar-refractivity contribution in [2.45, 2.75) is 6.92 Å². The Morgan fingerprint density at radius 1 is 0.931 bits per heavy atom. The molecular weight excluding hydrogens is 375 g/mol. The Morgan fingerprint density at radius 3 is 2.31 bits per heavy atom. The summed E-state index contributed by atoms with van der Waals surface area (Å²) in [5.74, 6) is -1.22. The molecule has 6 nitrogen and oxygen atoms in total. The minimum absolute atomic E-state index is 0.231. The molecule has 0 bridgehead atoms. The first-order valence-electron chi connectivity index (χ1n) is 8.76. The number of hydrogen-bond acceptors (Lipinski definition) is 4. The first kappa shape index (κ1) is 18.4. The first-order valence-corrected chi connectivity index (χ1v) is 8.76. The number of benzene rings is 2. The predicted molar refractivity (Wildman–Crippen MR) is 104 cm³/mol. The smallest absolute Gasteiger partial charge is 0.335 e. The van der Waals surface area contributed by atoms with Crippen LogP contribution in [0.15, 0.2) is 70.7 Å². The molecule has 7 heteroatoms. The number of aryl methyl sites for hydroxylation is 1. The normalized spacial score (nSPS) is 15.7. The number of nitrogens with one attached hydrogen (secondary N) is 1. The van der Waals surface area contributed by atoms with Crippen molar-refractivity contribution in [1.29, 1.82) is 0 Å². The summed E-state index contributed by atoms with van der Waals surface area (Å²) in [5.41, 5.74) is 1.73. The van der Waals surface area contributed by atoms with Gasteiger partial charge in [0.1, 0.15) is 22.9 Å². The van der Waals surface area contributed by atoms with Crippen LogP contribution in [0, 0.1) is 12.7 Å². The number of carbonyl (C=O) groups is 3. The third-order valence-corrected chi connectivity index (χ3v) is 4.44. The molecule has 144 valence electrons. The number of anilines is 1. The van der Waals surface area contributed by atoms with Gasteiger partial charge in [0.2, 0.25) is 0 Å². The van der Waals surface area contributed by atoms with Crippen LogP contribution in [-0.2, 0) is 9.59 Å². The van der Waals surface area contributed by atoms with E-state index in [4.69, 9.17) is 4.42 Å². The monoisotopic (exact) mass is 390 g/mol. The molecule has 1 aromatic heterocycles. The highest BCUT2D eigenvalue weighted by Crippen LogP contribution is 2.26. The molecule has 3 aromatic rings. The molecule has 0 aliphatic carbocycles. The van der Waals surface area contributed by atoms with Crippen LogP contribution in [0.3, 0.4) is 0 Å². The van der Waals surface area contributed by atoms with Gasteiger partial charge in [0.25, 0.3) is 11.8 Å². The quantitative estimate of drug-likeness (QED) is 0.540. The Hall–Kier alpha value is -4.00. The molecule has 0 saturated carbocycles. The molecule has 1 N–H and O–H groups in total. The van der Waals surface area contributed by atoms with Crippen LogP contribution in [0.4, 0.5) is 14.9 Å². The summed E-state index contributed by atoms with van der Waals surface area (Å²) in [4.78, 5) is 38.2. The number of urea groups is 1. The van der Waals surface area contributed by atoms with E-state index in [9.17, 15) is 18.8 Å². The Bertz CT molecular complexity index is 1140. The van der Waals surface area contributed by atoms with Crippen molar-refractivity contribution in [2.24, 2.45) is 0 Å². The Labute approximate surface area is 165 Å². The first-order chi connectivity index (χ1) is 13.9. The molecule has 1 aliphatic rings. The van der Waals surface area contributed by atoms with Gasteiger partial charge in [-0.3, -0.25) is 14.9 Å². The van der Waals surface area contributed by atoms with Crippen molar-refractivity contribution in [2.75, 3.05) is 4.90 Å². The number of imide groups is 2. The number of halogens is 1. The van der Waals surface area contributed by atoms with Crippen LogP contribution >= 0.6 is 0 Å². The summed E-state index contributed by atoms with van der Waals surface area (Å²) in [6, 6.07) is 14.9. The fraction of sp³-hybridized carbons (Fsp3) is 0.0455. The maximum absolute atomic E-state index is 13.1. The SMILES string of the molecule is Cc1ccc(N2C(=O)NC(=O)/C(=C/c3ccc(-c4ccc(F)cc4)o3)C2=O)cc1. The van der Waals surface area contributed by atoms with Crippen molar-refractivity contribution in [3.05, 3.63) is 83.4 Å². The van der Waals surface area contributed by atoms with Crippen LogP contribution in [0.5, 0.6) is 0 Å². The number of furan rings is 1. The lowest BCUT2D eigenvalue weighted by atomic mass is 10.1. The van der Waals surface area contributed by atoms with Crippen LogP contribution in [0.1, 0.15) is 11.3 Å². The van der Waals surface area contributed by atoms with Crippen molar-refractivity contribution in [1.82, 2.24) is 5.32 Å². The largest absolute Gasteiger partial charge is 0.457 e. The Kier molecular flexibility index (Phi) is 4.56. The minimum Gasteiger partial charge on any atom is -0.457 e. The average molecular weight is 390 g/mol. The summed E-state index contributed by atoms with van der Waals surface area (Å²) >= 11 is 0. The summed E-state index contributed by atoms with van der Waals surface area (Å²) < 4.78 is 18.7. The lowest BCUT2D eigenvalue weighted by Crippen LogP contribution is -2.54. The second-order valence-electron chi connectivity index (χ2n) is 6.50. The van der Waals surface area contributed by atoms with Gasteiger partial charge in [-0.2, -0.15) is 0 Å². The van der Waals surface area contributed by atoms with Gasteiger partial charge in [0, 0.05) is 5.56 Å². The van der Waals surface area contributed by atoms with Gasteiger partial charge in [0.05, 0.1) is 5.69 Å². The molecule has 4 rings (SSSR count). The van der Waals surface area contributed by atoms with E-state index in [1.54, 1.807) is 48.5 Å². The molecule has 2 aromatic carbocycles. The third-order valence-electron chi connectivity index (χ3n) is 4.44. The lowest BCUT2D eigenvalue weighted by Gasteiger charge is -2.26. The average Bonchev–Trinajstić information content (AvgIpc) is 3.16. The molecule has 0 spiro atoms. The van der Waals surface area contributed by atoms with Crippen LogP contribution < -0.4 is 10.2 Å². The zero-order valence-corrected chi connectivity index (χ0v) is 15.3. The van der Waals surface area contributed by atoms with Crippen LogP contribution in [-0.4, -0.2) is 17.8 Å². The standard InChI is InChI=1S/C22H15FN2O4/c1-13-2-8-16(9-3-13)25-21(27)18(20(26)24-22(25)28)12-17-10-11-19(29-17)14-4-6-15(23)7-5-14/h2-12H,1H3,(H,24,26,28)/b18-12-. The van der Waals surface area contributed by atoms with Crippen molar-refractivity contribution >= 4 is 29.6 Å². The summed E-state index contributed by atoms with van der Waals surface area (Å²) in [6.45, 7) is 1.88. The van der Waals surface area contributed by atoms with Crippen molar-refractivity contribution < 1.29 is 23.2 Å². The van der Waals surface area contributed by atoms with E-state index < -0.39 is 17.8 Å². The van der Waals surface area contributed by atoms with Gasteiger partial charge < -0.3 is 4.42 Å². The summed E-state index contributed by atoms with van der Waals surface area (Å²) in [6.07, 6.45) is 1.28. The number of rotatable bonds is 3. The molecule has 1 saturated heterocycles. The van der Waals surface area contributed by atoms with Crippen molar-refractivity contribution in [3.63, 3.8) is 0 Å². The Balaban J connectivity index is 1.66. The van der Waals surface area contributed by atoms with Crippen molar-refractivity contribution in [3.8, 4) is 11.3 Å². The molecule has 1 aliphatic heterocycles. The molecule has 1 fully saturated rings. The molecule has 4 amide bonds. The van der Waals surface area contributed by atoms with E-state index >= 15 is 0 Å². The van der Waals surface area contributed by atoms with E-state index in [0.717, 1.165) is 10.5 Å². The second kappa shape index (κ2) is 7.20. The minimum atomic E-state index is -0.813. The van der Waals surface area contributed by atoms with Gasteiger partial charge in [-0.05, 0) is 61.5 Å². The number of nitrogens with zero attached hydrogens (tertiary/aromatic N) is 1. The molecule has 0 radical (unpaired) electrons. The highest BCUT2D eigenvalue weighted by Gasteiger charge is 2.37. The van der Waals surface area contributed by atoms with Gasteiger partial charge in [-0.1, -0.05) is 17.7 Å². The number of carbonyl (C=O) groups excluding carboxylic acids is 3. The summed E-state index contributed by atoms with van der Waals surface area (Å²) in [7, 11) is 0. The maximum atomic E-state index is 13.1. The second-order valence-corrected chi connectivity index (χ2v) is 6.50. The van der Waals surface area contributed by atoms with E-state index in [1.165, 1.54) is 18.2 Å². The summed E-state index contributed by atoms with van der Waals surface area (Å²) in [5, 5.41) is 2.16. The van der Waals surface area contributed by atoms with E-state index in [-0.39, 0.29) is 17.2 Å². The van der Waals surface area contributed by atoms with Gasteiger partial charge in [-0.15, -0.1) is 0 Å². The van der Waals surface area contributed by atoms with Gasteiger partial charge >= 0.3 is 6.03 Å². The third kappa shape index (κ3) is 3.58. The van der Waals surface area contributed by atoms with E-state index in [2.05, 4.69) is 5.32 Å². The van der Waals surface area contributed by atoms with Crippen LogP contribution in [0.2, 0.25) is 0 Å². The molecule has 29 heavy (non-hydrogen) atoms. The molecule has 2 heterocycles. The van der Waals surface area contributed by atoms with Crippen LogP contribution in [0.25, 0.3) is 17.4 Å². The number of amides is 4. The van der Waals surface area contributed by atoms with Gasteiger partial charge in [-0.25, -0.2) is 14.1 Å². The highest BCUT2D eigenvalue weighted by atomic mass is 19.1. The molecule has 0 unspecified atom stereocenters. The number of hydrogen-bond donors (Lipinski definition) is 1. The fourth-order valence-electron chi connectivity index (χ4n) is 2.93. The number of barbiturate groups is 1.